The maximum absolute atomic E-state index is 12.7. The maximum atomic E-state index is 12.7. The minimum Gasteiger partial charge on any atom is -0.614 e. The molecule has 0 spiro atoms. The summed E-state index contributed by atoms with van der Waals surface area (Å²) < 4.78 is 18.1. The lowest BCUT2D eigenvalue weighted by Gasteiger charge is -2.49. The van der Waals surface area contributed by atoms with Crippen LogP contribution in [0.3, 0.4) is 0 Å². The Balaban J connectivity index is 1.73. The molecule has 150 valence electrons. The van der Waals surface area contributed by atoms with Gasteiger partial charge < -0.3 is 14.3 Å². The van der Waals surface area contributed by atoms with E-state index in [1.54, 1.807) is 6.92 Å². The fourth-order valence-corrected chi connectivity index (χ4v) is 5.60. The smallest absolute Gasteiger partial charge is 0.342 e. The van der Waals surface area contributed by atoms with Crippen LogP contribution in [0.5, 0.6) is 0 Å². The van der Waals surface area contributed by atoms with E-state index in [-0.39, 0.29) is 23.8 Å². The van der Waals surface area contributed by atoms with Crippen LogP contribution < -0.4 is 5.32 Å². The molecule has 2 amide bonds. The second kappa shape index (κ2) is 7.73. The number of carbonyl (C=O) groups is 3. The van der Waals surface area contributed by atoms with Crippen molar-refractivity contribution < 1.29 is 23.4 Å². The minimum absolute atomic E-state index is 0.128. The molecular weight excluding hydrogens is 396 g/mol. The van der Waals surface area contributed by atoms with Crippen LogP contribution in [0.2, 0.25) is 19.6 Å². The van der Waals surface area contributed by atoms with Crippen molar-refractivity contribution in [2.24, 2.45) is 0 Å². The maximum Gasteiger partial charge on any atom is 0.342 e. The highest BCUT2D eigenvalue weighted by Crippen LogP contribution is 2.37. The number of hydrogen-bond acceptors (Lipinski definition) is 5. The van der Waals surface area contributed by atoms with Crippen molar-refractivity contribution >= 4 is 37.3 Å². The first-order valence-corrected chi connectivity index (χ1v) is 13.8. The zero-order valence-corrected chi connectivity index (χ0v) is 18.2. The molecule has 0 aromatic heterocycles. The minimum atomic E-state index is -2.15. The van der Waals surface area contributed by atoms with Crippen molar-refractivity contribution in [1.29, 1.82) is 0 Å². The molecule has 1 aromatic carbocycles. The Morgan fingerprint density at radius 1 is 1.29 bits per heavy atom. The Kier molecular flexibility index (Phi) is 5.69. The molecule has 7 nitrogen and oxygen atoms in total. The first-order chi connectivity index (χ1) is 13.1. The van der Waals surface area contributed by atoms with E-state index in [1.807, 2.05) is 50.0 Å². The summed E-state index contributed by atoms with van der Waals surface area (Å²) in [5, 5.41) is 1.94. The van der Waals surface area contributed by atoms with Crippen molar-refractivity contribution in [3.63, 3.8) is 0 Å². The van der Waals surface area contributed by atoms with Crippen LogP contribution >= 0.6 is 0 Å². The third-order valence-electron chi connectivity index (χ3n) is 4.43. The lowest BCUT2D eigenvalue weighted by atomic mass is 10.0. The second-order valence-corrected chi connectivity index (χ2v) is 13.9. The zero-order chi connectivity index (χ0) is 20.6. The number of nitrogens with one attached hydrogen (secondary N) is 1. The molecule has 0 bridgehead atoms. The van der Waals surface area contributed by atoms with Gasteiger partial charge in [0.25, 0.3) is 5.91 Å². The highest BCUT2D eigenvalue weighted by atomic mass is 32.2. The molecule has 28 heavy (non-hydrogen) atoms. The third-order valence-corrected chi connectivity index (χ3v) is 6.97. The van der Waals surface area contributed by atoms with Gasteiger partial charge in [-0.25, -0.2) is 4.79 Å². The van der Waals surface area contributed by atoms with Gasteiger partial charge >= 0.3 is 5.97 Å². The molecule has 0 radical (unpaired) electrons. The quantitative estimate of drug-likeness (QED) is 0.440. The van der Waals surface area contributed by atoms with Gasteiger partial charge in [0.05, 0.1) is 6.42 Å². The Morgan fingerprint density at radius 3 is 2.54 bits per heavy atom. The van der Waals surface area contributed by atoms with Crippen molar-refractivity contribution in [3.05, 3.63) is 47.2 Å². The summed E-state index contributed by atoms with van der Waals surface area (Å²) in [5.74, 6) is -1.13. The Labute approximate surface area is 168 Å². The number of amides is 2. The standard InChI is InChI=1S/C19H24N2O5SSi/c1-12-11-27(25)18-15(20-14(22)10-13-8-6-5-7-9-13)17(23)21(18)16(12)19(24)26-28(2,3)4/h5-9,15,18H,10-11H2,1-4H3,(H,20,22)/t15?,18-,27?/m1/s1. The summed E-state index contributed by atoms with van der Waals surface area (Å²) >= 11 is -1.40. The van der Waals surface area contributed by atoms with Gasteiger partial charge in [-0.3, -0.25) is 14.5 Å². The van der Waals surface area contributed by atoms with E-state index in [4.69, 9.17) is 4.43 Å². The highest BCUT2D eigenvalue weighted by Gasteiger charge is 2.60. The van der Waals surface area contributed by atoms with E-state index in [2.05, 4.69) is 5.32 Å². The lowest BCUT2D eigenvalue weighted by Crippen LogP contribution is -2.75. The van der Waals surface area contributed by atoms with Crippen LogP contribution in [-0.2, 0) is 36.4 Å². The van der Waals surface area contributed by atoms with Crippen LogP contribution in [0.15, 0.2) is 41.6 Å². The molecule has 2 heterocycles. The molecule has 2 aliphatic heterocycles. The summed E-state index contributed by atoms with van der Waals surface area (Å²) in [6.07, 6.45) is 0.128. The van der Waals surface area contributed by atoms with Crippen LogP contribution in [0.25, 0.3) is 0 Å². The Bertz CT molecular complexity index is 836. The number of rotatable bonds is 5. The average molecular weight is 421 g/mol. The predicted molar refractivity (Wildman–Crippen MR) is 108 cm³/mol. The van der Waals surface area contributed by atoms with Gasteiger partial charge in [-0.2, -0.15) is 0 Å². The topological polar surface area (TPSA) is 98.8 Å². The van der Waals surface area contributed by atoms with Crippen molar-refractivity contribution in [3.8, 4) is 0 Å². The summed E-state index contributed by atoms with van der Waals surface area (Å²) in [6.45, 7) is 7.32. The van der Waals surface area contributed by atoms with Gasteiger partial charge in [0.1, 0.15) is 11.4 Å². The van der Waals surface area contributed by atoms with Gasteiger partial charge in [-0.1, -0.05) is 30.3 Å². The summed E-state index contributed by atoms with van der Waals surface area (Å²) in [4.78, 5) is 38.9. The van der Waals surface area contributed by atoms with Crippen LogP contribution in [0, 0.1) is 0 Å². The SMILES string of the molecule is CC1=C(C(=O)O[Si](C)(C)C)N2C(=O)C(NC(=O)Cc3ccccc3)[C@H]2[S+]([O-])C1. The van der Waals surface area contributed by atoms with Gasteiger partial charge in [-0.05, 0) is 43.3 Å². The van der Waals surface area contributed by atoms with Crippen molar-refractivity contribution in [2.45, 2.75) is 44.4 Å². The van der Waals surface area contributed by atoms with Gasteiger partial charge in [0, 0.05) is 5.57 Å². The van der Waals surface area contributed by atoms with E-state index >= 15 is 0 Å². The fraction of sp³-hybridized carbons (Fsp3) is 0.421. The molecule has 1 fully saturated rings. The molecular formula is C19H24N2O5SSi. The van der Waals surface area contributed by atoms with Crippen LogP contribution in [-0.4, -0.2) is 52.7 Å². The van der Waals surface area contributed by atoms with Gasteiger partial charge in [-0.15, -0.1) is 0 Å². The zero-order valence-electron chi connectivity index (χ0n) is 16.4. The molecule has 9 heteroatoms. The number of nitrogens with zero attached hydrogens (tertiary/aromatic N) is 1. The summed E-state index contributed by atoms with van der Waals surface area (Å²) in [7, 11) is -2.15. The number of fused-ring (bicyclic) bond motifs is 1. The third kappa shape index (κ3) is 4.16. The Morgan fingerprint density at radius 2 is 1.93 bits per heavy atom. The molecule has 3 atom stereocenters. The Hall–Kier alpha value is -2.10. The predicted octanol–water partition coefficient (Wildman–Crippen LogP) is 1.30. The van der Waals surface area contributed by atoms with Gasteiger partial charge in [0.2, 0.25) is 19.6 Å². The molecule has 2 aliphatic rings. The fourth-order valence-electron chi connectivity index (χ4n) is 3.28. The molecule has 0 saturated carbocycles. The number of benzene rings is 1. The lowest BCUT2D eigenvalue weighted by molar-refractivity contribution is -0.150. The van der Waals surface area contributed by atoms with E-state index in [1.165, 1.54) is 4.90 Å². The molecule has 0 aliphatic carbocycles. The van der Waals surface area contributed by atoms with E-state index < -0.39 is 42.8 Å². The van der Waals surface area contributed by atoms with Crippen LogP contribution in [0.1, 0.15) is 12.5 Å². The average Bonchev–Trinajstić information content (AvgIpc) is 2.58. The summed E-state index contributed by atoms with van der Waals surface area (Å²) in [5.41, 5.74) is 1.56. The highest BCUT2D eigenvalue weighted by molar-refractivity contribution is 7.92. The molecule has 1 aromatic rings. The molecule has 2 unspecified atom stereocenters. The van der Waals surface area contributed by atoms with Crippen molar-refractivity contribution in [2.75, 3.05) is 5.75 Å². The first kappa shape index (κ1) is 20.6. The van der Waals surface area contributed by atoms with E-state index in [0.717, 1.165) is 5.56 Å². The summed E-state index contributed by atoms with van der Waals surface area (Å²) in [6, 6.07) is 8.28. The first-order valence-electron chi connectivity index (χ1n) is 9.05. The largest absolute Gasteiger partial charge is 0.614 e. The van der Waals surface area contributed by atoms with Gasteiger partial charge in [0.15, 0.2) is 6.04 Å². The monoisotopic (exact) mass is 420 g/mol. The molecule has 1 saturated heterocycles. The van der Waals surface area contributed by atoms with E-state index in [9.17, 15) is 18.9 Å². The molecule has 3 rings (SSSR count). The second-order valence-electron chi connectivity index (χ2n) is 7.96. The number of β-lactam (4-membered cyclic amide) rings is 1. The van der Waals surface area contributed by atoms with E-state index in [0.29, 0.717) is 5.57 Å². The van der Waals surface area contributed by atoms with Crippen LogP contribution in [0.4, 0.5) is 0 Å². The number of hydrogen-bond donors (Lipinski definition) is 1. The number of carbonyl (C=O) groups excluding carboxylic acids is 3. The molecule has 1 N–H and O–H groups in total. The van der Waals surface area contributed by atoms with Crippen molar-refractivity contribution in [1.82, 2.24) is 10.2 Å². The normalized spacial score (nSPS) is 24.4.